The molecule has 0 aliphatic rings. The smallest absolute Gasteiger partial charge is 0.135 e. The van der Waals surface area contributed by atoms with E-state index < -0.39 is 0 Å². The van der Waals surface area contributed by atoms with Crippen LogP contribution >= 0.6 is 0 Å². The zero-order valence-electron chi connectivity index (χ0n) is 9.08. The molecular formula is C12H17NO. The van der Waals surface area contributed by atoms with E-state index in [0.29, 0.717) is 12.2 Å². The lowest BCUT2D eigenvalue weighted by molar-refractivity contribution is -0.121. The van der Waals surface area contributed by atoms with E-state index in [1.807, 2.05) is 39.1 Å². The normalized spacial score (nSPS) is 10.6. The van der Waals surface area contributed by atoms with Gasteiger partial charge in [0.25, 0.3) is 0 Å². The number of pyridine rings is 1. The molecule has 76 valence electrons. The zero-order chi connectivity index (χ0) is 10.6. The van der Waals surface area contributed by atoms with Crippen molar-refractivity contribution in [1.82, 2.24) is 4.98 Å². The van der Waals surface area contributed by atoms with Crippen LogP contribution in [0, 0.1) is 12.8 Å². The first kappa shape index (κ1) is 10.9. The molecule has 0 fully saturated rings. The Morgan fingerprint density at radius 3 is 2.64 bits per heavy atom. The second kappa shape index (κ2) is 4.89. The van der Waals surface area contributed by atoms with Crippen LogP contribution < -0.4 is 0 Å². The highest BCUT2D eigenvalue weighted by atomic mass is 16.1. The lowest BCUT2D eigenvalue weighted by atomic mass is 10.0. The highest BCUT2D eigenvalue weighted by molar-refractivity contribution is 5.80. The molecule has 0 saturated carbocycles. The first-order valence-electron chi connectivity index (χ1n) is 5.04. The van der Waals surface area contributed by atoms with Crippen LogP contribution in [0.3, 0.4) is 0 Å². The van der Waals surface area contributed by atoms with Crippen molar-refractivity contribution in [2.24, 2.45) is 5.92 Å². The number of carbonyl (C=O) groups is 1. The third-order valence-electron chi connectivity index (χ3n) is 2.28. The van der Waals surface area contributed by atoms with Gasteiger partial charge in [0.05, 0.1) is 0 Å². The van der Waals surface area contributed by atoms with Crippen LogP contribution in [0.15, 0.2) is 18.3 Å². The van der Waals surface area contributed by atoms with Gasteiger partial charge in [-0.1, -0.05) is 19.9 Å². The summed E-state index contributed by atoms with van der Waals surface area (Å²) in [5.41, 5.74) is 2.16. The number of hydrogen-bond acceptors (Lipinski definition) is 2. The minimum atomic E-state index is 0.147. The minimum Gasteiger partial charge on any atom is -0.299 e. The fraction of sp³-hybridized carbons (Fsp3) is 0.500. The molecule has 0 bridgehead atoms. The largest absolute Gasteiger partial charge is 0.299 e. The van der Waals surface area contributed by atoms with Crippen molar-refractivity contribution in [1.29, 1.82) is 0 Å². The second-order valence-corrected chi connectivity index (χ2v) is 3.93. The van der Waals surface area contributed by atoms with Gasteiger partial charge in [0.1, 0.15) is 5.78 Å². The molecule has 0 atom stereocenters. The second-order valence-electron chi connectivity index (χ2n) is 3.93. The molecule has 0 spiro atoms. The van der Waals surface area contributed by atoms with E-state index in [9.17, 15) is 4.79 Å². The van der Waals surface area contributed by atoms with E-state index in [0.717, 1.165) is 17.7 Å². The van der Waals surface area contributed by atoms with Crippen molar-refractivity contribution in [2.45, 2.75) is 33.6 Å². The van der Waals surface area contributed by atoms with Crippen LogP contribution in [0.1, 0.15) is 31.5 Å². The van der Waals surface area contributed by atoms with Crippen LogP contribution in [0.5, 0.6) is 0 Å². The van der Waals surface area contributed by atoms with Crippen molar-refractivity contribution in [3.8, 4) is 0 Å². The molecule has 2 nitrogen and oxygen atoms in total. The fourth-order valence-corrected chi connectivity index (χ4v) is 1.20. The summed E-state index contributed by atoms with van der Waals surface area (Å²) in [4.78, 5) is 15.6. The number of Topliss-reactive ketones (excluding diaryl/α,β-unsaturated/α-hetero) is 1. The third-order valence-corrected chi connectivity index (χ3v) is 2.28. The van der Waals surface area contributed by atoms with Gasteiger partial charge in [-0.3, -0.25) is 9.78 Å². The Hall–Kier alpha value is -1.18. The van der Waals surface area contributed by atoms with Crippen LogP contribution in [0.2, 0.25) is 0 Å². The van der Waals surface area contributed by atoms with Crippen molar-refractivity contribution >= 4 is 5.78 Å². The quantitative estimate of drug-likeness (QED) is 0.732. The van der Waals surface area contributed by atoms with Crippen molar-refractivity contribution < 1.29 is 4.79 Å². The van der Waals surface area contributed by atoms with Crippen LogP contribution in [-0.2, 0) is 11.2 Å². The highest BCUT2D eigenvalue weighted by Gasteiger charge is 2.06. The molecule has 14 heavy (non-hydrogen) atoms. The van der Waals surface area contributed by atoms with Gasteiger partial charge in [-0.2, -0.15) is 0 Å². The summed E-state index contributed by atoms with van der Waals surface area (Å²) < 4.78 is 0. The Bertz CT molecular complexity index is 301. The van der Waals surface area contributed by atoms with Crippen LogP contribution in [0.4, 0.5) is 0 Å². The molecule has 0 aliphatic carbocycles. The molecular weight excluding hydrogens is 174 g/mol. The first-order chi connectivity index (χ1) is 6.59. The molecule has 1 aromatic rings. The zero-order valence-corrected chi connectivity index (χ0v) is 9.08. The molecule has 1 heterocycles. The Labute approximate surface area is 85.4 Å². The van der Waals surface area contributed by atoms with Gasteiger partial charge in [-0.05, 0) is 25.0 Å². The van der Waals surface area contributed by atoms with E-state index in [2.05, 4.69) is 4.98 Å². The molecule has 0 aliphatic heterocycles. The molecule has 1 rings (SSSR count). The maximum Gasteiger partial charge on any atom is 0.135 e. The predicted molar refractivity (Wildman–Crippen MR) is 57.1 cm³/mol. The summed E-state index contributed by atoms with van der Waals surface area (Å²) in [5.74, 6) is 0.471. The fourth-order valence-electron chi connectivity index (χ4n) is 1.20. The Morgan fingerprint density at radius 1 is 1.43 bits per heavy atom. The topological polar surface area (TPSA) is 30.0 Å². The summed E-state index contributed by atoms with van der Waals surface area (Å²) >= 11 is 0. The molecule has 0 aromatic carbocycles. The maximum absolute atomic E-state index is 11.4. The first-order valence-corrected chi connectivity index (χ1v) is 5.04. The summed E-state index contributed by atoms with van der Waals surface area (Å²) in [6, 6.07) is 4.02. The number of aryl methyl sites for hydroxylation is 2. The molecule has 0 amide bonds. The monoisotopic (exact) mass is 191 g/mol. The third kappa shape index (κ3) is 3.29. The van der Waals surface area contributed by atoms with Crippen molar-refractivity contribution in [3.05, 3.63) is 29.6 Å². The number of hydrogen-bond donors (Lipinski definition) is 0. The van der Waals surface area contributed by atoms with Gasteiger partial charge < -0.3 is 0 Å². The standard InChI is InChI=1S/C12H17NO/c1-9(2)12(14)7-6-11-5-4-10(3)13-8-11/h4-5,8-9H,6-7H2,1-3H3. The van der Waals surface area contributed by atoms with Gasteiger partial charge in [-0.25, -0.2) is 0 Å². The van der Waals surface area contributed by atoms with Gasteiger partial charge >= 0.3 is 0 Å². The lowest BCUT2D eigenvalue weighted by Gasteiger charge is -2.03. The Morgan fingerprint density at radius 2 is 2.14 bits per heavy atom. The summed E-state index contributed by atoms with van der Waals surface area (Å²) in [7, 11) is 0. The Balaban J connectivity index is 2.46. The number of ketones is 1. The SMILES string of the molecule is Cc1ccc(CCC(=O)C(C)C)cn1. The summed E-state index contributed by atoms with van der Waals surface area (Å²) in [6.45, 7) is 5.84. The summed E-state index contributed by atoms with van der Waals surface area (Å²) in [6.07, 6.45) is 3.29. The highest BCUT2D eigenvalue weighted by Crippen LogP contribution is 2.06. The summed E-state index contributed by atoms with van der Waals surface area (Å²) in [5, 5.41) is 0. The van der Waals surface area contributed by atoms with Gasteiger partial charge in [0.15, 0.2) is 0 Å². The van der Waals surface area contributed by atoms with Gasteiger partial charge in [0.2, 0.25) is 0 Å². The average Bonchev–Trinajstić information content (AvgIpc) is 2.16. The molecule has 0 saturated heterocycles. The molecule has 2 heteroatoms. The number of rotatable bonds is 4. The van der Waals surface area contributed by atoms with Crippen LogP contribution in [-0.4, -0.2) is 10.8 Å². The van der Waals surface area contributed by atoms with Crippen molar-refractivity contribution in [3.63, 3.8) is 0 Å². The molecule has 0 unspecified atom stereocenters. The van der Waals surface area contributed by atoms with Gasteiger partial charge in [-0.15, -0.1) is 0 Å². The lowest BCUT2D eigenvalue weighted by Crippen LogP contribution is -2.07. The molecule has 0 N–H and O–H groups in total. The van der Waals surface area contributed by atoms with E-state index in [4.69, 9.17) is 0 Å². The number of aromatic nitrogens is 1. The van der Waals surface area contributed by atoms with Gasteiger partial charge in [0, 0.05) is 24.2 Å². The van der Waals surface area contributed by atoms with E-state index in [-0.39, 0.29) is 5.92 Å². The molecule has 0 radical (unpaired) electrons. The van der Waals surface area contributed by atoms with E-state index in [1.165, 1.54) is 0 Å². The van der Waals surface area contributed by atoms with Crippen molar-refractivity contribution in [2.75, 3.05) is 0 Å². The maximum atomic E-state index is 11.4. The minimum absolute atomic E-state index is 0.147. The van der Waals surface area contributed by atoms with Crippen LogP contribution in [0.25, 0.3) is 0 Å². The number of carbonyl (C=O) groups excluding carboxylic acids is 1. The average molecular weight is 191 g/mol. The van der Waals surface area contributed by atoms with E-state index >= 15 is 0 Å². The predicted octanol–water partition coefficient (Wildman–Crippen LogP) is 2.55. The van der Waals surface area contributed by atoms with E-state index in [1.54, 1.807) is 0 Å². The molecule has 1 aromatic heterocycles. The Kier molecular flexibility index (Phi) is 3.81. The number of nitrogens with zero attached hydrogens (tertiary/aromatic N) is 1.